The zero-order valence-corrected chi connectivity index (χ0v) is 18.0. The van der Waals surface area contributed by atoms with Crippen LogP contribution in [-0.2, 0) is 19.1 Å². The first kappa shape index (κ1) is 22.5. The van der Waals surface area contributed by atoms with Crippen LogP contribution in [0.3, 0.4) is 0 Å². The lowest BCUT2D eigenvalue weighted by atomic mass is 10.0. The molecule has 2 aromatic heterocycles. The van der Waals surface area contributed by atoms with E-state index < -0.39 is 11.9 Å². The predicted octanol–water partition coefficient (Wildman–Crippen LogP) is 5.05. The summed E-state index contributed by atoms with van der Waals surface area (Å²) in [6.45, 7) is 2.57. The number of pyridine rings is 1. The SMILES string of the molecule is CCc1cc(C#N)cc(C(=O)NC2CCCCn3nc(-c4ccnc(C(F)(F)F)c4)cc32)c1. The van der Waals surface area contributed by atoms with Gasteiger partial charge >= 0.3 is 6.18 Å². The molecule has 0 bridgehead atoms. The molecule has 1 aliphatic rings. The Morgan fingerprint density at radius 1 is 1.24 bits per heavy atom. The van der Waals surface area contributed by atoms with Gasteiger partial charge in [0, 0.05) is 23.9 Å². The van der Waals surface area contributed by atoms with E-state index in [9.17, 15) is 23.2 Å². The predicted molar refractivity (Wildman–Crippen MR) is 115 cm³/mol. The lowest BCUT2D eigenvalue weighted by Crippen LogP contribution is -2.29. The number of carbonyl (C=O) groups excluding carboxylic acids is 1. The van der Waals surface area contributed by atoms with Gasteiger partial charge in [0.2, 0.25) is 0 Å². The first-order chi connectivity index (χ1) is 15.8. The third-order valence-corrected chi connectivity index (χ3v) is 5.72. The first-order valence-corrected chi connectivity index (χ1v) is 10.7. The third kappa shape index (κ3) is 4.90. The van der Waals surface area contributed by atoms with Crippen LogP contribution in [0.5, 0.6) is 0 Å². The van der Waals surface area contributed by atoms with Gasteiger partial charge in [-0.1, -0.05) is 6.92 Å². The Labute approximate surface area is 189 Å². The molecule has 1 aromatic carbocycles. The maximum Gasteiger partial charge on any atom is 0.433 e. The highest BCUT2D eigenvalue weighted by atomic mass is 19.4. The van der Waals surface area contributed by atoms with Crippen LogP contribution in [0.15, 0.2) is 42.6 Å². The summed E-state index contributed by atoms with van der Waals surface area (Å²) < 4.78 is 41.0. The van der Waals surface area contributed by atoms with Crippen molar-refractivity contribution in [3.05, 3.63) is 70.7 Å². The van der Waals surface area contributed by atoms with E-state index in [1.54, 1.807) is 28.9 Å². The van der Waals surface area contributed by atoms with Gasteiger partial charge in [0.1, 0.15) is 5.69 Å². The van der Waals surface area contributed by atoms with Crippen LogP contribution in [0.4, 0.5) is 13.2 Å². The third-order valence-electron chi connectivity index (χ3n) is 5.72. The number of benzene rings is 1. The minimum atomic E-state index is -4.54. The lowest BCUT2D eigenvalue weighted by molar-refractivity contribution is -0.141. The van der Waals surface area contributed by atoms with E-state index in [1.807, 2.05) is 6.92 Å². The van der Waals surface area contributed by atoms with Gasteiger partial charge in [-0.25, -0.2) is 0 Å². The number of amides is 1. The van der Waals surface area contributed by atoms with Gasteiger partial charge in [0.15, 0.2) is 0 Å². The van der Waals surface area contributed by atoms with Crippen LogP contribution in [0, 0.1) is 11.3 Å². The van der Waals surface area contributed by atoms with Gasteiger partial charge in [-0.3, -0.25) is 14.5 Å². The second kappa shape index (κ2) is 9.06. The van der Waals surface area contributed by atoms with Crippen molar-refractivity contribution >= 4 is 5.91 Å². The minimum Gasteiger partial charge on any atom is -0.344 e. The van der Waals surface area contributed by atoms with Crippen molar-refractivity contribution in [1.82, 2.24) is 20.1 Å². The van der Waals surface area contributed by atoms with Gasteiger partial charge in [0.05, 0.1) is 29.1 Å². The number of alkyl halides is 3. The number of fused-ring (bicyclic) bond motifs is 1. The van der Waals surface area contributed by atoms with Gasteiger partial charge in [-0.15, -0.1) is 0 Å². The summed E-state index contributed by atoms with van der Waals surface area (Å²) in [7, 11) is 0. The second-order valence-electron chi connectivity index (χ2n) is 8.01. The summed E-state index contributed by atoms with van der Waals surface area (Å²) in [5.41, 5.74) is 2.21. The first-order valence-electron chi connectivity index (χ1n) is 10.7. The van der Waals surface area contributed by atoms with Gasteiger partial charge in [-0.05, 0) is 67.6 Å². The fraction of sp³-hybridized carbons (Fsp3) is 0.333. The topological polar surface area (TPSA) is 83.6 Å². The van der Waals surface area contributed by atoms with Crippen LogP contribution in [0.1, 0.15) is 65.1 Å². The Bertz CT molecular complexity index is 1230. The molecule has 0 saturated carbocycles. The molecule has 1 N–H and O–H groups in total. The minimum absolute atomic E-state index is 0.300. The highest BCUT2D eigenvalue weighted by molar-refractivity contribution is 5.95. The summed E-state index contributed by atoms with van der Waals surface area (Å²) >= 11 is 0. The molecular weight excluding hydrogens is 431 g/mol. The normalized spacial score (nSPS) is 15.9. The number of aryl methyl sites for hydroxylation is 2. The maximum absolute atomic E-state index is 13.1. The van der Waals surface area contributed by atoms with Crippen LogP contribution in [0.25, 0.3) is 11.3 Å². The molecule has 170 valence electrons. The van der Waals surface area contributed by atoms with Crippen LogP contribution in [0.2, 0.25) is 0 Å². The summed E-state index contributed by atoms with van der Waals surface area (Å²) in [4.78, 5) is 16.4. The van der Waals surface area contributed by atoms with E-state index in [-0.39, 0.29) is 11.9 Å². The Balaban J connectivity index is 1.64. The van der Waals surface area contributed by atoms with Crippen molar-refractivity contribution in [2.45, 2.75) is 51.4 Å². The second-order valence-corrected chi connectivity index (χ2v) is 8.01. The number of nitrogens with zero attached hydrogens (tertiary/aromatic N) is 4. The largest absolute Gasteiger partial charge is 0.433 e. The molecule has 1 aliphatic heterocycles. The number of nitriles is 1. The smallest absolute Gasteiger partial charge is 0.344 e. The Morgan fingerprint density at radius 3 is 2.79 bits per heavy atom. The number of hydrogen-bond donors (Lipinski definition) is 1. The Morgan fingerprint density at radius 2 is 2.06 bits per heavy atom. The fourth-order valence-electron chi connectivity index (χ4n) is 4.01. The van der Waals surface area contributed by atoms with E-state index in [0.29, 0.717) is 41.8 Å². The van der Waals surface area contributed by atoms with Crippen LogP contribution >= 0.6 is 0 Å². The lowest BCUT2D eigenvalue weighted by Gasteiger charge is -2.17. The molecule has 0 radical (unpaired) electrons. The standard InChI is InChI=1S/C24H22F3N5O/c1-2-15-9-16(14-28)11-18(10-15)23(33)30-19-5-3-4-8-32-21(19)13-20(31-32)17-6-7-29-22(12-17)24(25,26)27/h6-7,9-13,19H,2-5,8H2,1H3,(H,30,33). The van der Waals surface area contributed by atoms with Crippen molar-refractivity contribution in [1.29, 1.82) is 5.26 Å². The summed E-state index contributed by atoms with van der Waals surface area (Å²) in [5, 5.41) is 16.8. The fourth-order valence-corrected chi connectivity index (χ4v) is 4.01. The quantitative estimate of drug-likeness (QED) is 0.599. The number of nitrogens with one attached hydrogen (secondary N) is 1. The molecular formula is C24H22F3N5O. The van der Waals surface area contributed by atoms with Crippen molar-refractivity contribution in [2.75, 3.05) is 0 Å². The van der Waals surface area contributed by atoms with E-state index >= 15 is 0 Å². The zero-order chi connectivity index (χ0) is 23.6. The average molecular weight is 453 g/mol. The van der Waals surface area contributed by atoms with Crippen molar-refractivity contribution in [2.24, 2.45) is 0 Å². The molecule has 3 heterocycles. The molecule has 0 fully saturated rings. The average Bonchev–Trinajstić information content (AvgIpc) is 3.15. The van der Waals surface area contributed by atoms with Crippen LogP contribution < -0.4 is 5.32 Å². The summed E-state index contributed by atoms with van der Waals surface area (Å²) in [6.07, 6.45) is -0.334. The molecule has 6 nitrogen and oxygen atoms in total. The highest BCUT2D eigenvalue weighted by Crippen LogP contribution is 2.32. The van der Waals surface area contributed by atoms with E-state index in [4.69, 9.17) is 0 Å². The Hall–Kier alpha value is -3.67. The monoisotopic (exact) mass is 453 g/mol. The molecule has 1 amide bonds. The molecule has 3 aromatic rings. The molecule has 0 spiro atoms. The molecule has 33 heavy (non-hydrogen) atoms. The molecule has 1 atom stereocenters. The number of hydrogen-bond acceptors (Lipinski definition) is 4. The van der Waals surface area contributed by atoms with E-state index in [1.165, 1.54) is 6.07 Å². The zero-order valence-electron chi connectivity index (χ0n) is 18.0. The Kier molecular flexibility index (Phi) is 6.18. The molecule has 4 rings (SSSR count). The van der Waals surface area contributed by atoms with E-state index in [0.717, 1.165) is 36.4 Å². The van der Waals surface area contributed by atoms with Crippen LogP contribution in [-0.4, -0.2) is 20.7 Å². The number of halogens is 3. The summed E-state index contributed by atoms with van der Waals surface area (Å²) in [5.74, 6) is -0.300. The highest BCUT2D eigenvalue weighted by Gasteiger charge is 2.33. The van der Waals surface area contributed by atoms with Crippen molar-refractivity contribution in [3.63, 3.8) is 0 Å². The maximum atomic E-state index is 13.1. The molecule has 0 saturated heterocycles. The number of rotatable bonds is 4. The summed E-state index contributed by atoms with van der Waals surface area (Å²) in [6, 6.07) is 11.0. The van der Waals surface area contributed by atoms with Crippen molar-refractivity contribution < 1.29 is 18.0 Å². The molecule has 0 aliphatic carbocycles. The number of aromatic nitrogens is 3. The molecule has 1 unspecified atom stereocenters. The molecule has 9 heteroatoms. The van der Waals surface area contributed by atoms with Crippen molar-refractivity contribution in [3.8, 4) is 17.3 Å². The van der Waals surface area contributed by atoms with Gasteiger partial charge < -0.3 is 5.32 Å². The van der Waals surface area contributed by atoms with Gasteiger partial charge in [-0.2, -0.15) is 23.5 Å². The van der Waals surface area contributed by atoms with Gasteiger partial charge in [0.25, 0.3) is 5.91 Å². The van der Waals surface area contributed by atoms with E-state index in [2.05, 4.69) is 21.5 Å². The number of carbonyl (C=O) groups is 1.